The zero-order valence-electron chi connectivity index (χ0n) is 13.3. The van der Waals surface area contributed by atoms with E-state index in [0.29, 0.717) is 16.3 Å². The van der Waals surface area contributed by atoms with Gasteiger partial charge in [0.25, 0.3) is 17.4 Å². The number of carbonyl (C=O) groups is 3. The van der Waals surface area contributed by atoms with Crippen LogP contribution < -0.4 is 21.9 Å². The van der Waals surface area contributed by atoms with Gasteiger partial charge in [0.15, 0.2) is 5.13 Å². The number of nitrogen functional groups attached to an aromatic ring is 1. The number of hydrogen-bond acceptors (Lipinski definition) is 7. The molecule has 3 amide bonds. The molecular weight excluding hydrogens is 358 g/mol. The SMILES string of the molecule is CC(=O)Nc1nc2ccc(-n3c(N)c4c(cc3=O)C(=O)NC4=O)cc2s1. The highest BCUT2D eigenvalue weighted by Crippen LogP contribution is 2.29. The van der Waals surface area contributed by atoms with Gasteiger partial charge in [-0.15, -0.1) is 0 Å². The van der Waals surface area contributed by atoms with E-state index in [1.807, 2.05) is 0 Å². The van der Waals surface area contributed by atoms with Gasteiger partial charge in [0.05, 0.1) is 27.0 Å². The second kappa shape index (κ2) is 5.49. The molecule has 3 heterocycles. The van der Waals surface area contributed by atoms with Gasteiger partial charge in [-0.3, -0.25) is 29.1 Å². The molecule has 9 nitrogen and oxygen atoms in total. The molecule has 2 aromatic heterocycles. The number of amides is 3. The Balaban J connectivity index is 1.89. The summed E-state index contributed by atoms with van der Waals surface area (Å²) in [6, 6.07) is 6.07. The highest BCUT2D eigenvalue weighted by molar-refractivity contribution is 7.22. The molecule has 4 N–H and O–H groups in total. The van der Waals surface area contributed by atoms with Crippen molar-refractivity contribution in [1.29, 1.82) is 0 Å². The normalized spacial score (nSPS) is 13.0. The van der Waals surface area contributed by atoms with E-state index in [4.69, 9.17) is 5.73 Å². The second-order valence-corrected chi connectivity index (χ2v) is 6.66. The number of aromatic nitrogens is 2. The van der Waals surface area contributed by atoms with Crippen LogP contribution in [0.5, 0.6) is 0 Å². The number of anilines is 2. The number of carbonyl (C=O) groups excluding carboxylic acids is 3. The van der Waals surface area contributed by atoms with Gasteiger partial charge in [-0.1, -0.05) is 11.3 Å². The summed E-state index contributed by atoms with van der Waals surface area (Å²) in [7, 11) is 0. The number of imide groups is 1. The molecule has 0 fully saturated rings. The highest BCUT2D eigenvalue weighted by Gasteiger charge is 2.31. The number of pyridine rings is 1. The average molecular weight is 369 g/mol. The smallest absolute Gasteiger partial charge is 0.262 e. The molecule has 0 spiro atoms. The number of nitrogens with zero attached hydrogens (tertiary/aromatic N) is 2. The first-order chi connectivity index (χ1) is 12.3. The molecule has 130 valence electrons. The molecular formula is C16H11N5O4S. The van der Waals surface area contributed by atoms with Crippen molar-refractivity contribution in [2.75, 3.05) is 11.1 Å². The standard InChI is InChI=1S/C16H11N5O4S/c1-6(22)18-16-19-9-3-2-7(4-10(9)26-16)21-11(23)5-8-12(13(21)17)15(25)20-14(8)24/h2-5H,17H2,1H3,(H,18,19,22)(H,20,24,25). The van der Waals surface area contributed by atoms with Gasteiger partial charge in [-0.2, -0.15) is 0 Å². The van der Waals surface area contributed by atoms with E-state index in [9.17, 15) is 19.2 Å². The van der Waals surface area contributed by atoms with Crippen LogP contribution in [0.1, 0.15) is 27.6 Å². The topological polar surface area (TPSA) is 136 Å². The van der Waals surface area contributed by atoms with E-state index in [0.717, 1.165) is 15.3 Å². The second-order valence-electron chi connectivity index (χ2n) is 5.63. The van der Waals surface area contributed by atoms with Crippen molar-refractivity contribution in [3.8, 4) is 5.69 Å². The fraction of sp³-hybridized carbons (Fsp3) is 0.0625. The van der Waals surface area contributed by atoms with Crippen LogP contribution in [-0.4, -0.2) is 27.3 Å². The van der Waals surface area contributed by atoms with E-state index in [1.165, 1.54) is 18.3 Å². The lowest BCUT2D eigenvalue weighted by molar-refractivity contribution is -0.114. The molecule has 0 radical (unpaired) electrons. The quantitative estimate of drug-likeness (QED) is 0.574. The van der Waals surface area contributed by atoms with Crippen LogP contribution in [0.3, 0.4) is 0 Å². The van der Waals surface area contributed by atoms with Gasteiger partial charge in [-0.05, 0) is 18.2 Å². The van der Waals surface area contributed by atoms with Crippen molar-refractivity contribution in [2.45, 2.75) is 6.92 Å². The number of fused-ring (bicyclic) bond motifs is 2. The number of thiazole rings is 1. The van der Waals surface area contributed by atoms with Crippen LogP contribution in [0.25, 0.3) is 15.9 Å². The van der Waals surface area contributed by atoms with Crippen molar-refractivity contribution < 1.29 is 14.4 Å². The van der Waals surface area contributed by atoms with Crippen LogP contribution in [0.15, 0.2) is 29.1 Å². The molecule has 0 bridgehead atoms. The molecule has 1 aliphatic rings. The molecule has 1 aromatic carbocycles. The lowest BCUT2D eigenvalue weighted by Gasteiger charge is -2.11. The minimum absolute atomic E-state index is 0.0158. The number of hydrogen-bond donors (Lipinski definition) is 3. The first kappa shape index (κ1) is 16.0. The van der Waals surface area contributed by atoms with Crippen LogP contribution in [-0.2, 0) is 4.79 Å². The Labute approximate surface area is 149 Å². The largest absolute Gasteiger partial charge is 0.384 e. The van der Waals surface area contributed by atoms with Gasteiger partial charge in [0.1, 0.15) is 5.82 Å². The Hall–Kier alpha value is -3.53. The summed E-state index contributed by atoms with van der Waals surface area (Å²) in [6.07, 6.45) is 0. The summed E-state index contributed by atoms with van der Waals surface area (Å²) in [4.78, 5) is 51.5. The Morgan fingerprint density at radius 2 is 2.00 bits per heavy atom. The van der Waals surface area contributed by atoms with Crippen LogP contribution in [0, 0.1) is 0 Å². The third-order valence-corrected chi connectivity index (χ3v) is 4.80. The van der Waals surface area contributed by atoms with E-state index in [1.54, 1.807) is 18.2 Å². The molecule has 3 aromatic rings. The third kappa shape index (κ3) is 2.35. The average Bonchev–Trinajstić information content (AvgIpc) is 3.06. The fourth-order valence-corrected chi connectivity index (χ4v) is 3.75. The number of benzene rings is 1. The summed E-state index contributed by atoms with van der Waals surface area (Å²) in [5.74, 6) is -1.62. The minimum Gasteiger partial charge on any atom is -0.384 e. The van der Waals surface area contributed by atoms with Crippen molar-refractivity contribution in [1.82, 2.24) is 14.9 Å². The maximum atomic E-state index is 12.5. The van der Waals surface area contributed by atoms with Gasteiger partial charge >= 0.3 is 0 Å². The lowest BCUT2D eigenvalue weighted by atomic mass is 10.1. The lowest BCUT2D eigenvalue weighted by Crippen LogP contribution is -2.24. The Morgan fingerprint density at radius 1 is 1.23 bits per heavy atom. The minimum atomic E-state index is -0.640. The highest BCUT2D eigenvalue weighted by atomic mass is 32.1. The maximum absolute atomic E-state index is 12.5. The third-order valence-electron chi connectivity index (χ3n) is 3.87. The van der Waals surface area contributed by atoms with E-state index in [-0.39, 0.29) is 22.9 Å². The number of nitrogens with one attached hydrogen (secondary N) is 2. The van der Waals surface area contributed by atoms with Gasteiger partial charge in [-0.25, -0.2) is 4.98 Å². The fourth-order valence-electron chi connectivity index (χ4n) is 2.80. The van der Waals surface area contributed by atoms with E-state index in [2.05, 4.69) is 15.6 Å². The number of nitrogens with two attached hydrogens (primary N) is 1. The van der Waals surface area contributed by atoms with E-state index < -0.39 is 17.4 Å². The predicted octanol–water partition coefficient (Wildman–Crippen LogP) is 0.871. The summed E-state index contributed by atoms with van der Waals surface area (Å²) < 4.78 is 1.88. The van der Waals surface area contributed by atoms with Gasteiger partial charge in [0.2, 0.25) is 5.91 Å². The Morgan fingerprint density at radius 3 is 2.73 bits per heavy atom. The Bertz CT molecular complexity index is 1190. The summed E-state index contributed by atoms with van der Waals surface area (Å²) >= 11 is 1.24. The molecule has 4 rings (SSSR count). The first-order valence-corrected chi connectivity index (χ1v) is 8.26. The number of rotatable bonds is 2. The molecule has 0 unspecified atom stereocenters. The molecule has 10 heteroatoms. The summed E-state index contributed by atoms with van der Waals surface area (Å²) in [6.45, 7) is 1.38. The van der Waals surface area contributed by atoms with Crippen molar-refractivity contribution in [3.05, 3.63) is 45.7 Å². The molecule has 0 atom stereocenters. The zero-order chi connectivity index (χ0) is 18.6. The zero-order valence-corrected chi connectivity index (χ0v) is 14.1. The van der Waals surface area contributed by atoms with Crippen molar-refractivity contribution >= 4 is 50.2 Å². The van der Waals surface area contributed by atoms with E-state index >= 15 is 0 Å². The monoisotopic (exact) mass is 369 g/mol. The maximum Gasteiger partial charge on any atom is 0.262 e. The molecule has 1 aliphatic heterocycles. The molecule has 0 saturated carbocycles. The van der Waals surface area contributed by atoms with Crippen LogP contribution in [0.2, 0.25) is 0 Å². The van der Waals surface area contributed by atoms with Gasteiger partial charge in [0, 0.05) is 13.0 Å². The van der Waals surface area contributed by atoms with Crippen molar-refractivity contribution in [2.24, 2.45) is 0 Å². The van der Waals surface area contributed by atoms with Gasteiger partial charge < -0.3 is 11.1 Å². The summed E-state index contributed by atoms with van der Waals surface area (Å²) in [5, 5.41) is 5.16. The summed E-state index contributed by atoms with van der Waals surface area (Å²) in [5.41, 5.74) is 6.51. The first-order valence-electron chi connectivity index (χ1n) is 7.45. The molecule has 0 saturated heterocycles. The predicted molar refractivity (Wildman–Crippen MR) is 95.7 cm³/mol. The molecule has 0 aliphatic carbocycles. The Kier molecular flexibility index (Phi) is 3.37. The van der Waals surface area contributed by atoms with Crippen LogP contribution in [0.4, 0.5) is 10.9 Å². The van der Waals surface area contributed by atoms with Crippen LogP contribution >= 0.6 is 11.3 Å². The van der Waals surface area contributed by atoms with Crippen molar-refractivity contribution in [3.63, 3.8) is 0 Å². The molecule has 26 heavy (non-hydrogen) atoms.